The highest BCUT2D eigenvalue weighted by Crippen LogP contribution is 2.33. The molecule has 1 aliphatic heterocycles. The van der Waals surface area contributed by atoms with Gasteiger partial charge in [-0.3, -0.25) is 9.88 Å². The summed E-state index contributed by atoms with van der Waals surface area (Å²) in [6.45, 7) is 3.27. The van der Waals surface area contributed by atoms with Crippen LogP contribution in [0.1, 0.15) is 55.7 Å². The summed E-state index contributed by atoms with van der Waals surface area (Å²) in [5.74, 6) is 0.852. The molecule has 34 heavy (non-hydrogen) atoms. The Morgan fingerprint density at radius 3 is 2.18 bits per heavy atom. The minimum atomic E-state index is 0.360. The van der Waals surface area contributed by atoms with Crippen LogP contribution in [-0.4, -0.2) is 34.6 Å². The zero-order chi connectivity index (χ0) is 23.4. The number of nitrogens with one attached hydrogen (secondary N) is 2. The fraction of sp³-hybridized carbons (Fsp3) is 0.379. The van der Waals surface area contributed by atoms with Gasteiger partial charge in [0.05, 0.1) is 17.9 Å². The summed E-state index contributed by atoms with van der Waals surface area (Å²) < 4.78 is 0. The second-order valence-corrected chi connectivity index (χ2v) is 9.58. The Bertz CT molecular complexity index is 933. The smallest absolute Gasteiger partial charge is 0.170 e. The first-order chi connectivity index (χ1) is 16.8. The first-order valence-corrected chi connectivity index (χ1v) is 13.0. The summed E-state index contributed by atoms with van der Waals surface area (Å²) in [5.41, 5.74) is 3.72. The monoisotopic (exact) mass is 472 g/mol. The highest BCUT2D eigenvalue weighted by molar-refractivity contribution is 7.80. The van der Waals surface area contributed by atoms with E-state index in [1.165, 1.54) is 56.3 Å². The summed E-state index contributed by atoms with van der Waals surface area (Å²) in [4.78, 5) is 6.78. The molecule has 178 valence electrons. The van der Waals surface area contributed by atoms with Crippen LogP contribution in [0.2, 0.25) is 0 Å². The molecule has 0 aliphatic carbocycles. The second kappa shape index (κ2) is 13.2. The molecule has 2 aromatic carbocycles. The average molecular weight is 473 g/mol. The quantitative estimate of drug-likeness (QED) is 0.263. The van der Waals surface area contributed by atoms with Gasteiger partial charge in [-0.2, -0.15) is 0 Å². The molecule has 3 aromatic rings. The standard InChI is InChI=1S/C29H36N4S/c34-29(32-27-16-10-19-30-23-27)31-20-9-3-4-11-24-17-21-33(22-18-24)28(25-12-5-1-6-13-25)26-14-7-2-8-15-26/h1-2,5-8,10,12-16,19,23-24,28H,3-4,9,11,17-18,20-22H2,(H2,31,32,34). The molecule has 0 spiro atoms. The van der Waals surface area contributed by atoms with Crippen molar-refractivity contribution in [2.45, 2.75) is 44.6 Å². The second-order valence-electron chi connectivity index (χ2n) is 9.18. The zero-order valence-electron chi connectivity index (χ0n) is 19.9. The molecule has 4 nitrogen and oxygen atoms in total. The predicted octanol–water partition coefficient (Wildman–Crippen LogP) is 6.43. The number of aromatic nitrogens is 1. The maximum Gasteiger partial charge on any atom is 0.170 e. The van der Waals surface area contributed by atoms with Crippen molar-refractivity contribution in [2.75, 3.05) is 25.0 Å². The van der Waals surface area contributed by atoms with Gasteiger partial charge in [0, 0.05) is 12.7 Å². The molecular formula is C29H36N4S. The number of nitrogens with zero attached hydrogens (tertiary/aromatic N) is 2. The lowest BCUT2D eigenvalue weighted by Gasteiger charge is -2.38. The van der Waals surface area contributed by atoms with Crippen LogP contribution in [0, 0.1) is 5.92 Å². The van der Waals surface area contributed by atoms with Gasteiger partial charge in [0.1, 0.15) is 0 Å². The van der Waals surface area contributed by atoms with Crippen molar-refractivity contribution < 1.29 is 0 Å². The maximum absolute atomic E-state index is 5.36. The number of likely N-dealkylation sites (tertiary alicyclic amines) is 1. The van der Waals surface area contributed by atoms with Crippen molar-refractivity contribution in [2.24, 2.45) is 5.92 Å². The molecular weight excluding hydrogens is 436 g/mol. The van der Waals surface area contributed by atoms with Crippen LogP contribution >= 0.6 is 12.2 Å². The molecule has 0 bridgehead atoms. The fourth-order valence-electron chi connectivity index (χ4n) is 4.93. The number of pyridine rings is 1. The van der Waals surface area contributed by atoms with Gasteiger partial charge in [-0.05, 0) is 73.7 Å². The van der Waals surface area contributed by atoms with Crippen LogP contribution in [0.5, 0.6) is 0 Å². The Kier molecular flexibility index (Phi) is 9.47. The van der Waals surface area contributed by atoms with Gasteiger partial charge in [-0.25, -0.2) is 0 Å². The van der Waals surface area contributed by atoms with E-state index in [9.17, 15) is 0 Å². The number of hydrogen-bond donors (Lipinski definition) is 2. The molecule has 0 amide bonds. The molecule has 4 rings (SSSR count). The highest BCUT2D eigenvalue weighted by Gasteiger charge is 2.27. The van der Waals surface area contributed by atoms with E-state index in [1.807, 2.05) is 12.1 Å². The number of hydrogen-bond acceptors (Lipinski definition) is 3. The third-order valence-corrected chi connectivity index (χ3v) is 6.99. The molecule has 1 saturated heterocycles. The Hall–Kier alpha value is -2.76. The van der Waals surface area contributed by atoms with Gasteiger partial charge >= 0.3 is 0 Å². The molecule has 1 aliphatic rings. The molecule has 2 N–H and O–H groups in total. The first kappa shape index (κ1) is 24.4. The SMILES string of the molecule is S=C(NCCCCCC1CCN(C(c2ccccc2)c2ccccc2)CC1)Nc1cccnc1. The topological polar surface area (TPSA) is 40.2 Å². The molecule has 0 saturated carbocycles. The number of rotatable bonds is 10. The number of unbranched alkanes of at least 4 members (excludes halogenated alkanes) is 2. The van der Waals surface area contributed by atoms with Crippen molar-refractivity contribution in [3.63, 3.8) is 0 Å². The number of benzene rings is 2. The Labute approximate surface area is 209 Å². The van der Waals surface area contributed by atoms with Crippen LogP contribution in [0.25, 0.3) is 0 Å². The molecule has 2 heterocycles. The lowest BCUT2D eigenvalue weighted by molar-refractivity contribution is 0.146. The summed E-state index contributed by atoms with van der Waals surface area (Å²) in [5, 5.41) is 7.15. The molecule has 0 radical (unpaired) electrons. The van der Waals surface area contributed by atoms with E-state index in [2.05, 4.69) is 81.2 Å². The third kappa shape index (κ3) is 7.37. The van der Waals surface area contributed by atoms with Gasteiger partial charge in [-0.1, -0.05) is 79.9 Å². The van der Waals surface area contributed by atoms with E-state index in [1.54, 1.807) is 12.4 Å². The van der Waals surface area contributed by atoms with Crippen LogP contribution in [0.3, 0.4) is 0 Å². The number of anilines is 1. The predicted molar refractivity (Wildman–Crippen MR) is 146 cm³/mol. The van der Waals surface area contributed by atoms with Crippen molar-refractivity contribution in [3.05, 3.63) is 96.3 Å². The largest absolute Gasteiger partial charge is 0.362 e. The molecule has 1 aromatic heterocycles. The van der Waals surface area contributed by atoms with E-state index < -0.39 is 0 Å². The maximum atomic E-state index is 5.36. The van der Waals surface area contributed by atoms with Gasteiger partial charge in [-0.15, -0.1) is 0 Å². The summed E-state index contributed by atoms with van der Waals surface area (Å²) >= 11 is 5.36. The first-order valence-electron chi connectivity index (χ1n) is 12.6. The van der Waals surface area contributed by atoms with E-state index in [0.717, 1.165) is 24.6 Å². The van der Waals surface area contributed by atoms with E-state index in [-0.39, 0.29) is 0 Å². The Morgan fingerprint density at radius 2 is 1.56 bits per heavy atom. The average Bonchev–Trinajstić information content (AvgIpc) is 2.89. The van der Waals surface area contributed by atoms with E-state index >= 15 is 0 Å². The van der Waals surface area contributed by atoms with Crippen LogP contribution < -0.4 is 10.6 Å². The summed E-state index contributed by atoms with van der Waals surface area (Å²) in [6, 6.07) is 26.2. The Balaban J connectivity index is 1.15. The highest BCUT2D eigenvalue weighted by atomic mass is 32.1. The van der Waals surface area contributed by atoms with Gasteiger partial charge in [0.15, 0.2) is 5.11 Å². The fourth-order valence-corrected chi connectivity index (χ4v) is 5.15. The molecule has 5 heteroatoms. The van der Waals surface area contributed by atoms with Crippen molar-refractivity contribution >= 4 is 23.0 Å². The van der Waals surface area contributed by atoms with E-state index in [0.29, 0.717) is 11.2 Å². The molecule has 1 fully saturated rings. The van der Waals surface area contributed by atoms with Crippen LogP contribution in [0.4, 0.5) is 5.69 Å². The zero-order valence-corrected chi connectivity index (χ0v) is 20.7. The number of thiocarbonyl (C=S) groups is 1. The van der Waals surface area contributed by atoms with Crippen LogP contribution in [-0.2, 0) is 0 Å². The third-order valence-electron chi connectivity index (χ3n) is 6.74. The minimum Gasteiger partial charge on any atom is -0.362 e. The van der Waals surface area contributed by atoms with Crippen molar-refractivity contribution in [3.8, 4) is 0 Å². The van der Waals surface area contributed by atoms with Crippen molar-refractivity contribution in [1.29, 1.82) is 0 Å². The summed E-state index contributed by atoms with van der Waals surface area (Å²) in [7, 11) is 0. The summed E-state index contributed by atoms with van der Waals surface area (Å²) in [6.07, 6.45) is 11.2. The molecule has 0 atom stereocenters. The molecule has 0 unspecified atom stereocenters. The van der Waals surface area contributed by atoms with Gasteiger partial charge in [0.2, 0.25) is 0 Å². The lowest BCUT2D eigenvalue weighted by Crippen LogP contribution is -2.37. The minimum absolute atomic E-state index is 0.360. The van der Waals surface area contributed by atoms with E-state index in [4.69, 9.17) is 12.2 Å². The Morgan fingerprint density at radius 1 is 0.882 bits per heavy atom. The van der Waals surface area contributed by atoms with Gasteiger partial charge in [0.25, 0.3) is 0 Å². The lowest BCUT2D eigenvalue weighted by atomic mass is 9.88. The number of piperidine rings is 1. The van der Waals surface area contributed by atoms with Crippen LogP contribution in [0.15, 0.2) is 85.2 Å². The normalized spacial score (nSPS) is 14.7. The van der Waals surface area contributed by atoms with Gasteiger partial charge < -0.3 is 10.6 Å². The van der Waals surface area contributed by atoms with Crippen molar-refractivity contribution in [1.82, 2.24) is 15.2 Å².